The number of aromatic nitrogens is 2. The summed E-state index contributed by atoms with van der Waals surface area (Å²) in [6.45, 7) is 7.25. The minimum Gasteiger partial charge on any atom is -0.308 e. The molecule has 0 amide bonds. The van der Waals surface area contributed by atoms with Gasteiger partial charge in [0.1, 0.15) is 6.67 Å². The lowest BCUT2D eigenvalue weighted by molar-refractivity contribution is 0.374. The molecule has 0 aliphatic heterocycles. The van der Waals surface area contributed by atoms with Crippen LogP contribution in [0.25, 0.3) is 0 Å². The number of hydrogen-bond acceptors (Lipinski definition) is 2. The van der Waals surface area contributed by atoms with Gasteiger partial charge in [-0.3, -0.25) is 4.68 Å². The average Bonchev–Trinajstić information content (AvgIpc) is 2.64. The summed E-state index contributed by atoms with van der Waals surface area (Å²) in [5, 5.41) is 7.50. The second kappa shape index (κ2) is 5.26. The van der Waals surface area contributed by atoms with Gasteiger partial charge in [0.25, 0.3) is 0 Å². The molecule has 0 saturated carbocycles. The second-order valence-electron chi connectivity index (χ2n) is 4.39. The van der Waals surface area contributed by atoms with Crippen LogP contribution in [0.3, 0.4) is 0 Å². The number of rotatable bonds is 6. The Labute approximate surface area is 90.7 Å². The third-order valence-electron chi connectivity index (χ3n) is 2.66. The van der Waals surface area contributed by atoms with Gasteiger partial charge in [-0.25, -0.2) is 4.39 Å². The first-order valence-corrected chi connectivity index (χ1v) is 5.40. The van der Waals surface area contributed by atoms with Crippen molar-refractivity contribution in [2.24, 2.45) is 0 Å². The fourth-order valence-corrected chi connectivity index (χ4v) is 1.17. The molecule has 3 nitrogen and oxygen atoms in total. The first-order chi connectivity index (χ1) is 7.07. The molecule has 0 aliphatic rings. The summed E-state index contributed by atoms with van der Waals surface area (Å²) in [6, 6.07) is 0. The van der Waals surface area contributed by atoms with Crippen LogP contribution < -0.4 is 5.32 Å². The van der Waals surface area contributed by atoms with Crippen LogP contribution in [0.4, 0.5) is 4.39 Å². The molecule has 0 spiro atoms. The predicted octanol–water partition coefficient (Wildman–Crippen LogP) is 2.13. The summed E-state index contributed by atoms with van der Waals surface area (Å²) >= 11 is 0. The zero-order valence-electron chi connectivity index (χ0n) is 9.76. The van der Waals surface area contributed by atoms with Crippen molar-refractivity contribution in [3.63, 3.8) is 0 Å². The Bertz CT molecular complexity index is 294. The van der Waals surface area contributed by atoms with Crippen LogP contribution in [0.15, 0.2) is 12.4 Å². The van der Waals surface area contributed by atoms with Gasteiger partial charge >= 0.3 is 0 Å². The zero-order chi connectivity index (χ0) is 11.3. The molecule has 0 saturated heterocycles. The maximum absolute atomic E-state index is 12.0. The molecule has 0 aliphatic carbocycles. The number of alkyl halides is 1. The summed E-state index contributed by atoms with van der Waals surface area (Å²) < 4.78 is 13.7. The number of aryl methyl sites for hydroxylation is 1. The molecule has 1 heterocycles. The van der Waals surface area contributed by atoms with Gasteiger partial charge in [-0.1, -0.05) is 6.92 Å². The van der Waals surface area contributed by atoms with Crippen molar-refractivity contribution in [1.29, 1.82) is 0 Å². The minimum atomic E-state index is -0.366. The summed E-state index contributed by atoms with van der Waals surface area (Å²) in [5.74, 6) is 0. The lowest BCUT2D eigenvalue weighted by atomic mass is 10.0. The molecule has 1 rings (SSSR count). The number of hydrogen-bond donors (Lipinski definition) is 1. The smallest absolute Gasteiger partial charge is 0.109 e. The third-order valence-corrected chi connectivity index (χ3v) is 2.66. The Balaban J connectivity index is 2.44. The zero-order valence-corrected chi connectivity index (χ0v) is 9.76. The Morgan fingerprint density at radius 1 is 1.53 bits per heavy atom. The van der Waals surface area contributed by atoms with Gasteiger partial charge in [0.15, 0.2) is 0 Å². The number of halogens is 1. The van der Waals surface area contributed by atoms with E-state index in [0.717, 1.165) is 18.5 Å². The molecule has 1 N–H and O–H groups in total. The van der Waals surface area contributed by atoms with Gasteiger partial charge in [0.05, 0.1) is 12.7 Å². The summed E-state index contributed by atoms with van der Waals surface area (Å²) in [4.78, 5) is 0. The van der Waals surface area contributed by atoms with E-state index in [2.05, 4.69) is 31.2 Å². The highest BCUT2D eigenvalue weighted by molar-refractivity contribution is 5.04. The Morgan fingerprint density at radius 3 is 2.87 bits per heavy atom. The van der Waals surface area contributed by atoms with E-state index in [4.69, 9.17) is 0 Å². The van der Waals surface area contributed by atoms with Crippen molar-refractivity contribution in [2.45, 2.75) is 45.8 Å². The Morgan fingerprint density at radius 2 is 2.27 bits per heavy atom. The third kappa shape index (κ3) is 4.00. The second-order valence-corrected chi connectivity index (χ2v) is 4.39. The normalized spacial score (nSPS) is 12.0. The van der Waals surface area contributed by atoms with E-state index in [1.165, 1.54) is 0 Å². The fourth-order valence-electron chi connectivity index (χ4n) is 1.17. The van der Waals surface area contributed by atoms with Gasteiger partial charge in [-0.2, -0.15) is 5.10 Å². The molecule has 1 aromatic rings. The minimum absolute atomic E-state index is 0.141. The highest BCUT2D eigenvalue weighted by Crippen LogP contribution is 2.08. The fraction of sp³-hybridized carbons (Fsp3) is 0.727. The first-order valence-electron chi connectivity index (χ1n) is 5.40. The lowest BCUT2D eigenvalue weighted by Crippen LogP contribution is -2.37. The molecule has 86 valence electrons. The quantitative estimate of drug-likeness (QED) is 0.784. The monoisotopic (exact) mass is 213 g/mol. The van der Waals surface area contributed by atoms with Gasteiger partial charge in [-0.15, -0.1) is 0 Å². The van der Waals surface area contributed by atoms with Crippen molar-refractivity contribution in [3.8, 4) is 0 Å². The predicted molar refractivity (Wildman–Crippen MR) is 59.4 cm³/mol. The topological polar surface area (TPSA) is 29.9 Å². The largest absolute Gasteiger partial charge is 0.308 e. The highest BCUT2D eigenvalue weighted by Gasteiger charge is 2.13. The van der Waals surface area contributed by atoms with E-state index in [-0.39, 0.29) is 12.2 Å². The number of nitrogens with zero attached hydrogens (tertiary/aromatic N) is 2. The molecule has 0 aromatic carbocycles. The standard InChI is InChI=1S/C11H20FN3/c1-4-11(2,3)13-7-10-8-14-15(9-10)6-5-12/h8-9,13H,4-7H2,1-3H3. The highest BCUT2D eigenvalue weighted by atomic mass is 19.1. The van der Waals surface area contributed by atoms with E-state index in [1.807, 2.05) is 6.20 Å². The molecule has 0 unspecified atom stereocenters. The van der Waals surface area contributed by atoms with Crippen LogP contribution in [0.2, 0.25) is 0 Å². The van der Waals surface area contributed by atoms with Crippen molar-refractivity contribution in [1.82, 2.24) is 15.1 Å². The molecule has 1 aromatic heterocycles. The molecular weight excluding hydrogens is 193 g/mol. The maximum atomic E-state index is 12.0. The van der Waals surface area contributed by atoms with Crippen LogP contribution in [0, 0.1) is 0 Å². The van der Waals surface area contributed by atoms with Crippen molar-refractivity contribution >= 4 is 0 Å². The van der Waals surface area contributed by atoms with Gasteiger partial charge in [-0.05, 0) is 20.3 Å². The molecule has 0 bridgehead atoms. The van der Waals surface area contributed by atoms with Gasteiger partial charge in [0.2, 0.25) is 0 Å². The molecule has 15 heavy (non-hydrogen) atoms. The summed E-state index contributed by atoms with van der Waals surface area (Å²) in [5.41, 5.74) is 1.24. The number of nitrogens with one attached hydrogen (secondary N) is 1. The molecule has 0 fully saturated rings. The average molecular weight is 213 g/mol. The lowest BCUT2D eigenvalue weighted by Gasteiger charge is -2.24. The summed E-state index contributed by atoms with van der Waals surface area (Å²) in [6.07, 6.45) is 4.75. The molecular formula is C11H20FN3. The van der Waals surface area contributed by atoms with Crippen molar-refractivity contribution < 1.29 is 4.39 Å². The van der Waals surface area contributed by atoms with Crippen LogP contribution >= 0.6 is 0 Å². The van der Waals surface area contributed by atoms with Crippen LogP contribution in [0.1, 0.15) is 32.8 Å². The van der Waals surface area contributed by atoms with E-state index in [9.17, 15) is 4.39 Å². The van der Waals surface area contributed by atoms with Crippen LogP contribution in [0.5, 0.6) is 0 Å². The van der Waals surface area contributed by atoms with Gasteiger partial charge in [0, 0.05) is 23.8 Å². The Hall–Kier alpha value is -0.900. The van der Waals surface area contributed by atoms with E-state index in [1.54, 1.807) is 10.9 Å². The first kappa shape index (κ1) is 12.2. The van der Waals surface area contributed by atoms with E-state index >= 15 is 0 Å². The molecule has 0 atom stereocenters. The van der Waals surface area contributed by atoms with Crippen molar-refractivity contribution in [3.05, 3.63) is 18.0 Å². The molecule has 4 heteroatoms. The SMILES string of the molecule is CCC(C)(C)NCc1cnn(CCF)c1. The van der Waals surface area contributed by atoms with Crippen molar-refractivity contribution in [2.75, 3.05) is 6.67 Å². The van der Waals surface area contributed by atoms with E-state index < -0.39 is 0 Å². The maximum Gasteiger partial charge on any atom is 0.109 e. The van der Waals surface area contributed by atoms with Crippen LogP contribution in [-0.2, 0) is 13.1 Å². The van der Waals surface area contributed by atoms with Gasteiger partial charge < -0.3 is 5.32 Å². The summed E-state index contributed by atoms with van der Waals surface area (Å²) in [7, 11) is 0. The molecule has 0 radical (unpaired) electrons. The Kier molecular flexibility index (Phi) is 4.27. The van der Waals surface area contributed by atoms with E-state index in [0.29, 0.717) is 6.54 Å². The van der Waals surface area contributed by atoms with Crippen LogP contribution in [-0.4, -0.2) is 22.0 Å².